The molecule has 0 fully saturated rings. The second kappa shape index (κ2) is 3.96. The van der Waals surface area contributed by atoms with Crippen LogP contribution in [0.4, 0.5) is 0 Å². The number of hydrogen-bond donors (Lipinski definition) is 2. The Hall–Kier alpha value is -1.48. The van der Waals surface area contributed by atoms with Crippen LogP contribution in [0, 0.1) is 0 Å². The predicted octanol–water partition coefficient (Wildman–Crippen LogP) is 2.14. The Labute approximate surface area is 79.9 Å². The molecule has 68 valence electrons. The summed E-state index contributed by atoms with van der Waals surface area (Å²) in [6, 6.07) is 4.59. The van der Waals surface area contributed by atoms with Gasteiger partial charge in [-0.3, -0.25) is 0 Å². The number of aliphatic carboxylic acids is 1. The van der Waals surface area contributed by atoms with Crippen molar-refractivity contribution in [2.75, 3.05) is 0 Å². The van der Waals surface area contributed by atoms with Gasteiger partial charge < -0.3 is 10.2 Å². The molecule has 0 bridgehead atoms. The fourth-order valence-corrected chi connectivity index (χ4v) is 1.08. The normalized spacial score (nSPS) is 10.5. The SMILES string of the molecule is O=C(O)/C=C/c1c(O)cccc1Cl. The molecule has 1 aromatic carbocycles. The van der Waals surface area contributed by atoms with E-state index in [1.54, 1.807) is 12.1 Å². The smallest absolute Gasteiger partial charge is 0.328 e. The highest BCUT2D eigenvalue weighted by Gasteiger charge is 2.01. The molecule has 0 aliphatic heterocycles. The van der Waals surface area contributed by atoms with Crippen molar-refractivity contribution >= 4 is 23.6 Å². The van der Waals surface area contributed by atoms with Crippen LogP contribution in [-0.4, -0.2) is 16.2 Å². The van der Waals surface area contributed by atoms with Gasteiger partial charge in [0.2, 0.25) is 0 Å². The van der Waals surface area contributed by atoms with Crippen LogP contribution in [0.5, 0.6) is 5.75 Å². The van der Waals surface area contributed by atoms with Crippen LogP contribution in [-0.2, 0) is 4.79 Å². The fourth-order valence-electron chi connectivity index (χ4n) is 0.845. The molecule has 0 unspecified atom stereocenters. The van der Waals surface area contributed by atoms with E-state index in [2.05, 4.69) is 0 Å². The number of hydrogen-bond acceptors (Lipinski definition) is 2. The molecule has 0 aromatic heterocycles. The summed E-state index contributed by atoms with van der Waals surface area (Å²) < 4.78 is 0. The minimum Gasteiger partial charge on any atom is -0.507 e. The number of benzene rings is 1. The maximum atomic E-state index is 10.2. The molecular weight excluding hydrogens is 192 g/mol. The molecule has 0 saturated heterocycles. The van der Waals surface area contributed by atoms with Gasteiger partial charge in [-0.15, -0.1) is 0 Å². The summed E-state index contributed by atoms with van der Waals surface area (Å²) in [7, 11) is 0. The summed E-state index contributed by atoms with van der Waals surface area (Å²) in [5, 5.41) is 17.9. The van der Waals surface area contributed by atoms with Gasteiger partial charge in [-0.2, -0.15) is 0 Å². The maximum Gasteiger partial charge on any atom is 0.328 e. The lowest BCUT2D eigenvalue weighted by atomic mass is 10.2. The number of phenolic OH excluding ortho intramolecular Hbond substituents is 1. The number of phenols is 1. The van der Waals surface area contributed by atoms with E-state index in [0.29, 0.717) is 10.6 Å². The molecule has 1 aromatic rings. The van der Waals surface area contributed by atoms with E-state index >= 15 is 0 Å². The molecule has 2 N–H and O–H groups in total. The molecule has 4 heteroatoms. The third-order valence-corrected chi connectivity index (χ3v) is 1.75. The van der Waals surface area contributed by atoms with Crippen molar-refractivity contribution in [2.24, 2.45) is 0 Å². The Bertz CT molecular complexity index is 338. The van der Waals surface area contributed by atoms with Gasteiger partial charge in [-0.25, -0.2) is 4.79 Å². The first-order chi connectivity index (χ1) is 6.11. The van der Waals surface area contributed by atoms with Crippen LogP contribution < -0.4 is 0 Å². The van der Waals surface area contributed by atoms with Crippen LogP contribution >= 0.6 is 11.6 Å². The predicted molar refractivity (Wildman–Crippen MR) is 49.8 cm³/mol. The zero-order valence-corrected chi connectivity index (χ0v) is 7.32. The van der Waals surface area contributed by atoms with E-state index in [-0.39, 0.29) is 5.75 Å². The zero-order valence-electron chi connectivity index (χ0n) is 6.57. The highest BCUT2D eigenvalue weighted by atomic mass is 35.5. The van der Waals surface area contributed by atoms with Gasteiger partial charge in [0.1, 0.15) is 5.75 Å². The van der Waals surface area contributed by atoms with Gasteiger partial charge >= 0.3 is 5.97 Å². The molecule has 0 spiro atoms. The van der Waals surface area contributed by atoms with E-state index in [1.807, 2.05) is 0 Å². The van der Waals surface area contributed by atoms with Crippen molar-refractivity contribution in [1.29, 1.82) is 0 Å². The highest BCUT2D eigenvalue weighted by molar-refractivity contribution is 6.32. The quantitative estimate of drug-likeness (QED) is 0.716. The van der Waals surface area contributed by atoms with Crippen molar-refractivity contribution in [3.8, 4) is 5.75 Å². The van der Waals surface area contributed by atoms with E-state index in [9.17, 15) is 9.90 Å². The van der Waals surface area contributed by atoms with Crippen LogP contribution in [0.1, 0.15) is 5.56 Å². The first kappa shape index (κ1) is 9.61. The molecule has 0 aliphatic carbocycles. The van der Waals surface area contributed by atoms with E-state index < -0.39 is 5.97 Å². The Morgan fingerprint density at radius 1 is 1.46 bits per heavy atom. The third kappa shape index (κ3) is 2.49. The molecular formula is C9H7ClO3. The van der Waals surface area contributed by atoms with Crippen LogP contribution in [0.25, 0.3) is 6.08 Å². The monoisotopic (exact) mass is 198 g/mol. The zero-order chi connectivity index (χ0) is 9.84. The number of rotatable bonds is 2. The minimum atomic E-state index is -1.08. The topological polar surface area (TPSA) is 57.5 Å². The number of carboxylic acids is 1. The number of halogens is 1. The largest absolute Gasteiger partial charge is 0.507 e. The van der Waals surface area contributed by atoms with Gasteiger partial charge in [0.25, 0.3) is 0 Å². The molecule has 1 rings (SSSR count). The van der Waals surface area contributed by atoms with E-state index in [1.165, 1.54) is 12.1 Å². The Morgan fingerprint density at radius 3 is 2.69 bits per heavy atom. The minimum absolute atomic E-state index is 0.0370. The summed E-state index contributed by atoms with van der Waals surface area (Å²) in [4.78, 5) is 10.2. The van der Waals surface area contributed by atoms with Crippen molar-refractivity contribution in [1.82, 2.24) is 0 Å². The molecule has 3 nitrogen and oxygen atoms in total. The summed E-state index contributed by atoms with van der Waals surface area (Å²) in [5.41, 5.74) is 0.312. The van der Waals surface area contributed by atoms with Crippen LogP contribution in [0.3, 0.4) is 0 Å². The van der Waals surface area contributed by atoms with Crippen LogP contribution in [0.15, 0.2) is 24.3 Å². The molecule has 0 radical (unpaired) electrons. The summed E-state index contributed by atoms with van der Waals surface area (Å²) in [6.45, 7) is 0. The molecule has 0 heterocycles. The summed E-state index contributed by atoms with van der Waals surface area (Å²) in [6.07, 6.45) is 2.17. The Morgan fingerprint density at radius 2 is 2.15 bits per heavy atom. The summed E-state index contributed by atoms with van der Waals surface area (Å²) >= 11 is 5.71. The maximum absolute atomic E-state index is 10.2. The first-order valence-electron chi connectivity index (χ1n) is 3.50. The first-order valence-corrected chi connectivity index (χ1v) is 3.87. The fraction of sp³-hybridized carbons (Fsp3) is 0. The van der Waals surface area contributed by atoms with Crippen molar-refractivity contribution < 1.29 is 15.0 Å². The molecule has 0 aliphatic rings. The molecule has 0 saturated carbocycles. The third-order valence-electron chi connectivity index (χ3n) is 1.42. The average Bonchev–Trinajstić information content (AvgIpc) is 2.03. The van der Waals surface area contributed by atoms with Gasteiger partial charge in [0.05, 0.1) is 5.02 Å². The van der Waals surface area contributed by atoms with E-state index in [0.717, 1.165) is 6.08 Å². The molecule has 0 atom stereocenters. The number of carbonyl (C=O) groups is 1. The van der Waals surface area contributed by atoms with Crippen molar-refractivity contribution in [3.05, 3.63) is 34.9 Å². The highest BCUT2D eigenvalue weighted by Crippen LogP contribution is 2.26. The lowest BCUT2D eigenvalue weighted by Gasteiger charge is -1.99. The van der Waals surface area contributed by atoms with Gasteiger partial charge in [0.15, 0.2) is 0 Å². The van der Waals surface area contributed by atoms with E-state index in [4.69, 9.17) is 16.7 Å². The standard InChI is InChI=1S/C9H7ClO3/c10-7-2-1-3-8(11)6(7)4-5-9(12)13/h1-5,11H,(H,12,13)/b5-4+. The second-order valence-electron chi connectivity index (χ2n) is 2.34. The van der Waals surface area contributed by atoms with Crippen LogP contribution in [0.2, 0.25) is 5.02 Å². The lowest BCUT2D eigenvalue weighted by Crippen LogP contribution is -1.86. The van der Waals surface area contributed by atoms with Crippen molar-refractivity contribution in [2.45, 2.75) is 0 Å². The molecule has 13 heavy (non-hydrogen) atoms. The summed E-state index contributed by atoms with van der Waals surface area (Å²) in [5.74, 6) is -1.12. The lowest BCUT2D eigenvalue weighted by molar-refractivity contribution is -0.131. The van der Waals surface area contributed by atoms with Gasteiger partial charge in [-0.05, 0) is 18.2 Å². The average molecular weight is 199 g/mol. The Kier molecular flexibility index (Phi) is 2.93. The van der Waals surface area contributed by atoms with Gasteiger partial charge in [-0.1, -0.05) is 17.7 Å². The number of aromatic hydroxyl groups is 1. The number of carboxylic acid groups (broad SMARTS) is 1. The van der Waals surface area contributed by atoms with Gasteiger partial charge in [0, 0.05) is 11.6 Å². The molecule has 0 amide bonds. The Balaban J connectivity index is 3.06. The second-order valence-corrected chi connectivity index (χ2v) is 2.75. The van der Waals surface area contributed by atoms with Crippen molar-refractivity contribution in [3.63, 3.8) is 0 Å².